The van der Waals surface area contributed by atoms with Crippen LogP contribution in [0.2, 0.25) is 0 Å². The molecule has 0 bridgehead atoms. The van der Waals surface area contributed by atoms with Crippen LogP contribution in [0.3, 0.4) is 0 Å². The van der Waals surface area contributed by atoms with Crippen LogP contribution in [-0.4, -0.2) is 6.04 Å². The molecular formula is C40H28N2S. The third kappa shape index (κ3) is 3.33. The number of nitrogens with zero attached hydrogens (tertiary/aromatic N) is 2. The second kappa shape index (κ2) is 8.80. The van der Waals surface area contributed by atoms with Crippen molar-refractivity contribution in [1.29, 1.82) is 5.26 Å². The van der Waals surface area contributed by atoms with E-state index in [9.17, 15) is 5.26 Å². The Balaban J connectivity index is 1.26. The van der Waals surface area contributed by atoms with Crippen LogP contribution in [0.1, 0.15) is 42.0 Å². The van der Waals surface area contributed by atoms with Crippen molar-refractivity contribution in [3.8, 4) is 28.3 Å². The lowest BCUT2D eigenvalue weighted by Gasteiger charge is -2.30. The fourth-order valence-electron chi connectivity index (χ4n) is 7.80. The molecule has 2 nitrogen and oxygen atoms in total. The van der Waals surface area contributed by atoms with Crippen molar-refractivity contribution in [2.75, 3.05) is 4.90 Å². The minimum Gasteiger partial charge on any atom is -0.333 e. The molecular weight excluding hydrogens is 541 g/mol. The van der Waals surface area contributed by atoms with Gasteiger partial charge in [0.1, 0.15) is 0 Å². The van der Waals surface area contributed by atoms with Gasteiger partial charge in [0.25, 0.3) is 0 Å². The Morgan fingerprint density at radius 1 is 0.744 bits per heavy atom. The lowest BCUT2D eigenvalue weighted by Crippen LogP contribution is -2.29. The zero-order valence-corrected chi connectivity index (χ0v) is 24.8. The average Bonchev–Trinajstić information content (AvgIpc) is 3.66. The molecule has 3 heteroatoms. The highest BCUT2D eigenvalue weighted by molar-refractivity contribution is 7.26. The number of allylic oxidation sites excluding steroid dienone is 2. The van der Waals surface area contributed by atoms with Crippen molar-refractivity contribution in [3.63, 3.8) is 0 Å². The fourth-order valence-corrected chi connectivity index (χ4v) is 9.05. The van der Waals surface area contributed by atoms with Crippen molar-refractivity contribution >= 4 is 42.9 Å². The van der Waals surface area contributed by atoms with Crippen molar-refractivity contribution in [3.05, 3.63) is 144 Å². The molecule has 2 unspecified atom stereocenters. The van der Waals surface area contributed by atoms with Gasteiger partial charge in [-0.05, 0) is 58.1 Å². The molecule has 0 fully saturated rings. The van der Waals surface area contributed by atoms with Crippen LogP contribution in [-0.2, 0) is 5.41 Å². The van der Waals surface area contributed by atoms with Gasteiger partial charge in [-0.15, -0.1) is 11.3 Å². The second-order valence-corrected chi connectivity index (χ2v) is 13.5. The maximum absolute atomic E-state index is 9.92. The van der Waals surface area contributed by atoms with E-state index in [4.69, 9.17) is 0 Å². The first-order valence-corrected chi connectivity index (χ1v) is 15.7. The second-order valence-electron chi connectivity index (χ2n) is 12.4. The number of fused-ring (bicyclic) bond motifs is 10. The molecule has 2 aliphatic carbocycles. The molecule has 1 aromatic heterocycles. The molecule has 1 aliphatic heterocycles. The molecule has 0 spiro atoms. The number of rotatable bonds is 2. The Hall–Kier alpha value is -4.91. The molecule has 43 heavy (non-hydrogen) atoms. The van der Waals surface area contributed by atoms with Crippen LogP contribution in [0, 0.1) is 11.3 Å². The number of thiophene rings is 1. The Kier molecular flexibility index (Phi) is 5.05. The van der Waals surface area contributed by atoms with E-state index in [1.54, 1.807) is 0 Å². The average molecular weight is 569 g/mol. The molecule has 2 atom stereocenters. The Morgan fingerprint density at radius 2 is 1.58 bits per heavy atom. The van der Waals surface area contributed by atoms with Crippen molar-refractivity contribution in [2.45, 2.75) is 31.2 Å². The molecule has 204 valence electrons. The summed E-state index contributed by atoms with van der Waals surface area (Å²) in [4.78, 5) is 2.44. The molecule has 0 radical (unpaired) electrons. The van der Waals surface area contributed by atoms with Gasteiger partial charge in [0.15, 0.2) is 0 Å². The fraction of sp³-hybridized carbons (Fsp3) is 0.125. The van der Waals surface area contributed by atoms with Crippen LogP contribution < -0.4 is 4.90 Å². The predicted molar refractivity (Wildman–Crippen MR) is 180 cm³/mol. The van der Waals surface area contributed by atoms with E-state index in [-0.39, 0.29) is 17.4 Å². The third-order valence-corrected chi connectivity index (χ3v) is 11.0. The molecule has 2 heterocycles. The van der Waals surface area contributed by atoms with Gasteiger partial charge in [0.05, 0.1) is 23.4 Å². The smallest absolute Gasteiger partial charge is 0.0992 e. The first kappa shape index (κ1) is 24.7. The lowest BCUT2D eigenvalue weighted by atomic mass is 9.82. The van der Waals surface area contributed by atoms with E-state index in [2.05, 4.69) is 140 Å². The summed E-state index contributed by atoms with van der Waals surface area (Å²) in [5, 5.41) is 12.5. The van der Waals surface area contributed by atoms with Crippen LogP contribution in [0.4, 0.5) is 11.4 Å². The first-order chi connectivity index (χ1) is 21.0. The molecule has 0 saturated carbocycles. The van der Waals surface area contributed by atoms with Crippen LogP contribution in [0.15, 0.2) is 121 Å². The highest BCUT2D eigenvalue weighted by atomic mass is 32.1. The van der Waals surface area contributed by atoms with Crippen molar-refractivity contribution < 1.29 is 0 Å². The van der Waals surface area contributed by atoms with Gasteiger partial charge in [0, 0.05) is 48.3 Å². The molecule has 9 rings (SSSR count). The van der Waals surface area contributed by atoms with Gasteiger partial charge in [-0.1, -0.05) is 105 Å². The summed E-state index contributed by atoms with van der Waals surface area (Å²) in [6.07, 6.45) is 8.90. The minimum atomic E-state index is -0.00846. The zero-order chi connectivity index (χ0) is 28.9. The van der Waals surface area contributed by atoms with Crippen molar-refractivity contribution in [2.24, 2.45) is 0 Å². The molecule has 3 aliphatic rings. The summed E-state index contributed by atoms with van der Waals surface area (Å²) in [6.45, 7) is 4.69. The summed E-state index contributed by atoms with van der Waals surface area (Å²) in [6, 6.07) is 38.0. The first-order valence-electron chi connectivity index (χ1n) is 14.9. The molecule has 5 aromatic carbocycles. The van der Waals surface area contributed by atoms with Crippen molar-refractivity contribution in [1.82, 2.24) is 0 Å². The molecule has 6 aromatic rings. The quantitative estimate of drug-likeness (QED) is 0.208. The van der Waals surface area contributed by atoms with E-state index >= 15 is 0 Å². The van der Waals surface area contributed by atoms with E-state index in [0.29, 0.717) is 5.56 Å². The molecule has 0 amide bonds. The summed E-state index contributed by atoms with van der Waals surface area (Å²) in [5.41, 5.74) is 12.2. The van der Waals surface area contributed by atoms with Crippen LogP contribution >= 0.6 is 11.3 Å². The molecule has 0 N–H and O–H groups in total. The van der Waals surface area contributed by atoms with E-state index < -0.39 is 0 Å². The normalized spacial score (nSPS) is 18.9. The number of anilines is 2. The van der Waals surface area contributed by atoms with Gasteiger partial charge in [-0.3, -0.25) is 0 Å². The van der Waals surface area contributed by atoms with Crippen LogP contribution in [0.5, 0.6) is 0 Å². The number of hydrogen-bond donors (Lipinski definition) is 0. The number of benzene rings is 5. The number of hydrogen-bond acceptors (Lipinski definition) is 3. The van der Waals surface area contributed by atoms with Gasteiger partial charge >= 0.3 is 0 Å². The van der Waals surface area contributed by atoms with Gasteiger partial charge in [-0.2, -0.15) is 5.26 Å². The van der Waals surface area contributed by atoms with E-state index in [1.165, 1.54) is 59.2 Å². The SMILES string of the molecule is CC1(C)c2ccccc2-c2c1ccc1c2sc2ccc(-c3ccc(C#N)cc3N3c4ccccc4C4C=CC=CC43)cc21. The topological polar surface area (TPSA) is 27.0 Å². The lowest BCUT2D eigenvalue weighted by molar-refractivity contribution is 0.661. The molecule has 0 saturated heterocycles. The summed E-state index contributed by atoms with van der Waals surface area (Å²) in [5.74, 6) is 0.289. The van der Waals surface area contributed by atoms with Crippen LogP contribution in [0.25, 0.3) is 42.4 Å². The van der Waals surface area contributed by atoms with Gasteiger partial charge in [-0.25, -0.2) is 0 Å². The summed E-state index contributed by atoms with van der Waals surface area (Å²) < 4.78 is 2.68. The number of para-hydroxylation sites is 1. The highest BCUT2D eigenvalue weighted by Crippen LogP contribution is 2.54. The number of nitriles is 1. The standard InChI is InChI=1S/C40H28N2S/c1-40(2)32-12-6-3-11-30(32)38-33(40)19-18-29-31-22-25(16-20-37(31)43-39(29)38)26-17-15-24(23-41)21-36(26)42-34-13-7-4-9-27(34)28-10-5-8-14-35(28)42/h3-22,27,34H,1-2H3. The summed E-state index contributed by atoms with van der Waals surface area (Å²) in [7, 11) is 0. The maximum Gasteiger partial charge on any atom is 0.0992 e. The van der Waals surface area contributed by atoms with E-state index in [0.717, 1.165) is 11.3 Å². The summed E-state index contributed by atoms with van der Waals surface area (Å²) >= 11 is 1.91. The zero-order valence-electron chi connectivity index (χ0n) is 24.0. The van der Waals surface area contributed by atoms with E-state index in [1.807, 2.05) is 17.4 Å². The third-order valence-electron chi connectivity index (χ3n) is 9.84. The highest BCUT2D eigenvalue weighted by Gasteiger charge is 2.39. The largest absolute Gasteiger partial charge is 0.333 e. The Morgan fingerprint density at radius 3 is 2.49 bits per heavy atom. The predicted octanol–water partition coefficient (Wildman–Crippen LogP) is 10.6. The minimum absolute atomic E-state index is 0.00846. The monoisotopic (exact) mass is 568 g/mol. The van der Waals surface area contributed by atoms with Gasteiger partial charge in [0.2, 0.25) is 0 Å². The van der Waals surface area contributed by atoms with Gasteiger partial charge < -0.3 is 4.90 Å². The maximum atomic E-state index is 9.92. The Labute approximate surface area is 255 Å². The Bertz CT molecular complexity index is 2260.